The molecule has 0 aromatic heterocycles. The summed E-state index contributed by atoms with van der Waals surface area (Å²) >= 11 is 6.04. The smallest absolute Gasteiger partial charge is 0.225 e. The van der Waals surface area contributed by atoms with Gasteiger partial charge in [0.05, 0.1) is 16.5 Å². The van der Waals surface area contributed by atoms with E-state index >= 15 is 0 Å². The molecule has 1 saturated heterocycles. The lowest BCUT2D eigenvalue weighted by Crippen LogP contribution is -2.48. The third-order valence-corrected chi connectivity index (χ3v) is 4.44. The Balaban J connectivity index is 2.13. The molecule has 1 heterocycles. The second kappa shape index (κ2) is 6.32. The predicted molar refractivity (Wildman–Crippen MR) is 82.8 cm³/mol. The normalized spacial score (nSPS) is 20.3. The predicted octanol–water partition coefficient (Wildman–Crippen LogP) is 3.17. The summed E-state index contributed by atoms with van der Waals surface area (Å²) < 4.78 is 13.6. The SMILES string of the molecule is CN1CCC[C@H](C(=O)NC(C)(C)c2cccc(F)c2Cl)C1. The van der Waals surface area contributed by atoms with E-state index in [9.17, 15) is 9.18 Å². The first-order valence-corrected chi connectivity index (χ1v) is 7.64. The molecule has 0 unspecified atom stereocenters. The molecule has 3 nitrogen and oxygen atoms in total. The van der Waals surface area contributed by atoms with Crippen LogP contribution in [-0.2, 0) is 10.3 Å². The van der Waals surface area contributed by atoms with Crippen LogP contribution in [0.5, 0.6) is 0 Å². The molecule has 0 aliphatic carbocycles. The zero-order valence-electron chi connectivity index (χ0n) is 12.7. The Labute approximate surface area is 130 Å². The summed E-state index contributed by atoms with van der Waals surface area (Å²) in [4.78, 5) is 14.6. The van der Waals surface area contributed by atoms with Gasteiger partial charge in [0.1, 0.15) is 5.82 Å². The number of halogens is 2. The van der Waals surface area contributed by atoms with Gasteiger partial charge in [0.25, 0.3) is 0 Å². The van der Waals surface area contributed by atoms with Gasteiger partial charge in [-0.05, 0) is 51.9 Å². The minimum atomic E-state index is -0.702. The molecule has 21 heavy (non-hydrogen) atoms. The fourth-order valence-electron chi connectivity index (χ4n) is 2.84. The fraction of sp³-hybridized carbons (Fsp3) is 0.562. The van der Waals surface area contributed by atoms with Crippen LogP contribution >= 0.6 is 11.6 Å². The molecule has 1 amide bonds. The maximum Gasteiger partial charge on any atom is 0.225 e. The second-order valence-corrected chi connectivity index (χ2v) is 6.69. The summed E-state index contributed by atoms with van der Waals surface area (Å²) in [6.07, 6.45) is 1.92. The van der Waals surface area contributed by atoms with Gasteiger partial charge in [-0.25, -0.2) is 4.39 Å². The number of nitrogens with zero attached hydrogens (tertiary/aromatic N) is 1. The van der Waals surface area contributed by atoms with Gasteiger partial charge < -0.3 is 10.2 Å². The lowest BCUT2D eigenvalue weighted by molar-refractivity contribution is -0.128. The summed E-state index contributed by atoms with van der Waals surface area (Å²) in [7, 11) is 2.02. The van der Waals surface area contributed by atoms with Crippen LogP contribution in [0.3, 0.4) is 0 Å². The molecule has 0 spiro atoms. The van der Waals surface area contributed by atoms with E-state index in [1.807, 2.05) is 20.9 Å². The van der Waals surface area contributed by atoms with Gasteiger partial charge in [-0.3, -0.25) is 4.79 Å². The number of piperidine rings is 1. The van der Waals surface area contributed by atoms with Gasteiger partial charge >= 0.3 is 0 Å². The average molecular weight is 313 g/mol. The van der Waals surface area contributed by atoms with Crippen molar-refractivity contribution in [3.05, 3.63) is 34.6 Å². The van der Waals surface area contributed by atoms with Gasteiger partial charge in [0.15, 0.2) is 0 Å². The van der Waals surface area contributed by atoms with Gasteiger partial charge in [-0.2, -0.15) is 0 Å². The number of likely N-dealkylation sites (tertiary alicyclic amines) is 1. The van der Waals surface area contributed by atoms with E-state index in [1.54, 1.807) is 12.1 Å². The molecule has 1 aliphatic heterocycles. The minimum Gasteiger partial charge on any atom is -0.347 e. The van der Waals surface area contributed by atoms with Gasteiger partial charge in [-0.1, -0.05) is 23.7 Å². The average Bonchev–Trinajstić information content (AvgIpc) is 2.41. The summed E-state index contributed by atoms with van der Waals surface area (Å²) in [5, 5.41) is 3.09. The number of amides is 1. The van der Waals surface area contributed by atoms with E-state index in [1.165, 1.54) is 6.07 Å². The molecule has 2 rings (SSSR count). The van der Waals surface area contributed by atoms with Crippen molar-refractivity contribution < 1.29 is 9.18 Å². The number of carbonyl (C=O) groups excluding carboxylic acids is 1. The minimum absolute atomic E-state index is 0.00637. The van der Waals surface area contributed by atoms with Crippen molar-refractivity contribution in [2.45, 2.75) is 32.2 Å². The number of rotatable bonds is 3. The summed E-state index contributed by atoms with van der Waals surface area (Å²) in [5.74, 6) is -0.476. The standard InChI is InChI=1S/C16H22ClFN2O/c1-16(2,12-7-4-8-13(18)14(12)17)19-15(21)11-6-5-9-20(3)10-11/h4,7-8,11H,5-6,9-10H2,1-3H3,(H,19,21)/t11-/m0/s1. The molecule has 5 heteroatoms. The molecule has 0 bridgehead atoms. The van der Waals surface area contributed by atoms with Gasteiger partial charge in [0.2, 0.25) is 5.91 Å². The van der Waals surface area contributed by atoms with Crippen LogP contribution in [0.1, 0.15) is 32.3 Å². The number of nitrogens with one attached hydrogen (secondary N) is 1. The Morgan fingerprint density at radius 1 is 1.48 bits per heavy atom. The van der Waals surface area contributed by atoms with Crippen LogP contribution in [0, 0.1) is 11.7 Å². The van der Waals surface area contributed by atoms with E-state index < -0.39 is 11.4 Å². The van der Waals surface area contributed by atoms with Crippen LogP contribution in [0.2, 0.25) is 5.02 Å². The Bertz CT molecular complexity index is 533. The monoisotopic (exact) mass is 312 g/mol. The maximum atomic E-state index is 13.6. The third kappa shape index (κ3) is 3.74. The summed E-state index contributed by atoms with van der Waals surface area (Å²) in [5.41, 5.74) is -0.103. The third-order valence-electron chi connectivity index (χ3n) is 4.06. The van der Waals surface area contributed by atoms with Crippen LogP contribution in [0.15, 0.2) is 18.2 Å². The zero-order valence-corrected chi connectivity index (χ0v) is 13.5. The van der Waals surface area contributed by atoms with E-state index in [2.05, 4.69) is 10.2 Å². The number of carbonyl (C=O) groups is 1. The van der Waals surface area contributed by atoms with Crippen LogP contribution in [0.25, 0.3) is 0 Å². The van der Waals surface area contributed by atoms with Crippen molar-refractivity contribution in [2.24, 2.45) is 5.92 Å². The molecule has 0 radical (unpaired) electrons. The second-order valence-electron chi connectivity index (χ2n) is 6.32. The molecule has 1 aromatic rings. The molecule has 1 aliphatic rings. The molecule has 1 N–H and O–H groups in total. The highest BCUT2D eigenvalue weighted by atomic mass is 35.5. The van der Waals surface area contributed by atoms with Crippen molar-refractivity contribution >= 4 is 17.5 Å². The van der Waals surface area contributed by atoms with Crippen LogP contribution in [0.4, 0.5) is 4.39 Å². The van der Waals surface area contributed by atoms with Gasteiger partial charge in [0, 0.05) is 6.54 Å². The van der Waals surface area contributed by atoms with Crippen molar-refractivity contribution in [1.29, 1.82) is 0 Å². The Morgan fingerprint density at radius 2 is 2.19 bits per heavy atom. The lowest BCUT2D eigenvalue weighted by Gasteiger charge is -2.33. The van der Waals surface area contributed by atoms with Gasteiger partial charge in [-0.15, -0.1) is 0 Å². The first-order chi connectivity index (χ1) is 9.81. The molecule has 1 fully saturated rings. The molecular weight excluding hydrogens is 291 g/mol. The first kappa shape index (κ1) is 16.2. The number of hydrogen-bond donors (Lipinski definition) is 1. The zero-order chi connectivity index (χ0) is 15.6. The summed E-state index contributed by atoms with van der Waals surface area (Å²) in [6.45, 7) is 5.48. The lowest BCUT2D eigenvalue weighted by atomic mass is 9.91. The number of benzene rings is 1. The number of hydrogen-bond acceptors (Lipinski definition) is 2. The van der Waals surface area contributed by atoms with E-state index in [0.717, 1.165) is 25.9 Å². The van der Waals surface area contributed by atoms with E-state index in [4.69, 9.17) is 11.6 Å². The van der Waals surface area contributed by atoms with Crippen LogP contribution < -0.4 is 5.32 Å². The maximum absolute atomic E-state index is 13.6. The molecular formula is C16H22ClFN2O. The van der Waals surface area contributed by atoms with E-state index in [0.29, 0.717) is 5.56 Å². The molecule has 116 valence electrons. The van der Waals surface area contributed by atoms with Crippen molar-refractivity contribution in [2.75, 3.05) is 20.1 Å². The van der Waals surface area contributed by atoms with Crippen LogP contribution in [-0.4, -0.2) is 30.9 Å². The molecule has 1 atom stereocenters. The highest BCUT2D eigenvalue weighted by molar-refractivity contribution is 6.31. The Kier molecular flexibility index (Phi) is 4.89. The van der Waals surface area contributed by atoms with Crippen molar-refractivity contribution in [3.8, 4) is 0 Å². The molecule has 0 saturated carbocycles. The topological polar surface area (TPSA) is 32.3 Å². The quantitative estimate of drug-likeness (QED) is 0.930. The van der Waals surface area contributed by atoms with E-state index in [-0.39, 0.29) is 16.8 Å². The molecule has 1 aromatic carbocycles. The largest absolute Gasteiger partial charge is 0.347 e. The Hall–Kier alpha value is -1.13. The summed E-state index contributed by atoms with van der Waals surface area (Å²) in [6, 6.07) is 4.68. The highest BCUT2D eigenvalue weighted by Gasteiger charge is 2.31. The van der Waals surface area contributed by atoms with Crippen molar-refractivity contribution in [1.82, 2.24) is 10.2 Å². The Morgan fingerprint density at radius 3 is 2.86 bits per heavy atom. The fourth-order valence-corrected chi connectivity index (χ4v) is 3.21. The first-order valence-electron chi connectivity index (χ1n) is 7.26. The highest BCUT2D eigenvalue weighted by Crippen LogP contribution is 2.30. The van der Waals surface area contributed by atoms with Crippen molar-refractivity contribution in [3.63, 3.8) is 0 Å².